The molecule has 0 bridgehead atoms. The first-order chi connectivity index (χ1) is 13.9. The number of amides is 2. The second kappa shape index (κ2) is 9.29. The van der Waals surface area contributed by atoms with E-state index in [1.165, 1.54) is 12.1 Å². The lowest BCUT2D eigenvalue weighted by Crippen LogP contribution is -2.46. The van der Waals surface area contributed by atoms with E-state index in [9.17, 15) is 18.8 Å². The van der Waals surface area contributed by atoms with Crippen molar-refractivity contribution in [2.75, 3.05) is 25.0 Å². The monoisotopic (exact) mass is 399 g/mol. The van der Waals surface area contributed by atoms with Crippen molar-refractivity contribution in [1.82, 2.24) is 10.2 Å². The molecule has 2 aromatic carbocycles. The molecule has 0 radical (unpaired) electrons. The van der Waals surface area contributed by atoms with E-state index >= 15 is 0 Å². The minimum absolute atomic E-state index is 0.0979. The van der Waals surface area contributed by atoms with Gasteiger partial charge in [0.15, 0.2) is 0 Å². The van der Waals surface area contributed by atoms with Crippen molar-refractivity contribution in [3.8, 4) is 0 Å². The Labute approximate surface area is 167 Å². The summed E-state index contributed by atoms with van der Waals surface area (Å²) in [5.41, 5.74) is 0.358. The molecule has 8 heteroatoms. The second-order valence-electron chi connectivity index (χ2n) is 6.94. The highest BCUT2D eigenvalue weighted by molar-refractivity contribution is 5.96. The maximum Gasteiger partial charge on any atom is 0.335 e. The molecule has 7 nitrogen and oxygen atoms in total. The fraction of sp³-hybridized carbons (Fsp3) is 0.286. The average molecular weight is 399 g/mol. The number of benzene rings is 2. The number of piperidine rings is 1. The Morgan fingerprint density at radius 2 is 1.76 bits per heavy atom. The number of carboxylic acid groups (broad SMARTS) is 1. The Hall–Kier alpha value is -3.26. The van der Waals surface area contributed by atoms with Gasteiger partial charge in [-0.3, -0.25) is 14.5 Å². The fourth-order valence-electron chi connectivity index (χ4n) is 3.26. The van der Waals surface area contributed by atoms with E-state index in [4.69, 9.17) is 5.11 Å². The molecule has 152 valence electrons. The Morgan fingerprint density at radius 1 is 1.07 bits per heavy atom. The number of carboxylic acids is 1. The van der Waals surface area contributed by atoms with Gasteiger partial charge < -0.3 is 15.7 Å². The summed E-state index contributed by atoms with van der Waals surface area (Å²) in [6, 6.07) is 12.3. The maximum atomic E-state index is 14.0. The highest BCUT2D eigenvalue weighted by atomic mass is 19.1. The quantitative estimate of drug-likeness (QED) is 0.693. The molecule has 0 unspecified atom stereocenters. The maximum absolute atomic E-state index is 14.0. The number of nitrogens with one attached hydrogen (secondary N) is 2. The van der Waals surface area contributed by atoms with Gasteiger partial charge in [-0.05, 0) is 43.2 Å². The summed E-state index contributed by atoms with van der Waals surface area (Å²) in [6.45, 7) is 1.53. The molecular formula is C21H22FN3O4. The number of hydrogen-bond donors (Lipinski definition) is 3. The van der Waals surface area contributed by atoms with Crippen molar-refractivity contribution in [2.45, 2.75) is 18.9 Å². The Morgan fingerprint density at radius 3 is 2.38 bits per heavy atom. The smallest absolute Gasteiger partial charge is 0.335 e. The lowest BCUT2D eigenvalue weighted by Gasteiger charge is -2.31. The third-order valence-corrected chi connectivity index (χ3v) is 4.81. The van der Waals surface area contributed by atoms with Gasteiger partial charge in [0.1, 0.15) is 5.82 Å². The van der Waals surface area contributed by atoms with Crippen molar-refractivity contribution < 1.29 is 23.9 Å². The molecule has 1 saturated heterocycles. The van der Waals surface area contributed by atoms with Gasteiger partial charge in [-0.15, -0.1) is 0 Å². The summed E-state index contributed by atoms with van der Waals surface area (Å²) >= 11 is 0. The van der Waals surface area contributed by atoms with Gasteiger partial charge in [-0.25, -0.2) is 9.18 Å². The number of carbonyl (C=O) groups excluding carboxylic acids is 2. The van der Waals surface area contributed by atoms with E-state index in [-0.39, 0.29) is 29.6 Å². The summed E-state index contributed by atoms with van der Waals surface area (Å²) in [7, 11) is 0. The topological polar surface area (TPSA) is 98.7 Å². The van der Waals surface area contributed by atoms with Crippen LogP contribution >= 0.6 is 0 Å². The van der Waals surface area contributed by atoms with Crippen LogP contribution < -0.4 is 10.6 Å². The third-order valence-electron chi connectivity index (χ3n) is 4.81. The number of carbonyl (C=O) groups is 3. The van der Waals surface area contributed by atoms with Crippen LogP contribution in [0.3, 0.4) is 0 Å². The van der Waals surface area contributed by atoms with E-state index in [0.29, 0.717) is 25.9 Å². The molecule has 3 rings (SSSR count). The van der Waals surface area contributed by atoms with Crippen LogP contribution in [0.15, 0.2) is 48.5 Å². The first-order valence-corrected chi connectivity index (χ1v) is 9.33. The van der Waals surface area contributed by atoms with Crippen LogP contribution in [0.5, 0.6) is 0 Å². The average Bonchev–Trinajstić information content (AvgIpc) is 2.70. The van der Waals surface area contributed by atoms with Crippen LogP contribution in [0.25, 0.3) is 0 Å². The first kappa shape index (κ1) is 20.5. The van der Waals surface area contributed by atoms with Crippen LogP contribution in [0.1, 0.15) is 33.6 Å². The predicted octanol–water partition coefficient (Wildman–Crippen LogP) is 2.36. The third kappa shape index (κ3) is 5.61. The number of hydrogen-bond acceptors (Lipinski definition) is 4. The fourth-order valence-corrected chi connectivity index (χ4v) is 3.26. The van der Waals surface area contributed by atoms with Gasteiger partial charge in [0.05, 0.1) is 17.7 Å². The van der Waals surface area contributed by atoms with E-state index in [2.05, 4.69) is 10.6 Å². The normalized spacial score (nSPS) is 14.9. The molecule has 1 aliphatic rings. The number of anilines is 1. The molecule has 0 aliphatic carbocycles. The number of halogens is 1. The number of para-hydroxylation sites is 1. The van der Waals surface area contributed by atoms with E-state index in [1.807, 2.05) is 35.2 Å². The SMILES string of the molecule is O=C(CN1CCC(NC(=O)c2ccc(C(=O)O)cc2F)CC1)Nc1ccccc1. The Kier molecular flexibility index (Phi) is 6.56. The number of likely N-dealkylation sites (tertiary alicyclic amines) is 1. The van der Waals surface area contributed by atoms with Gasteiger partial charge >= 0.3 is 5.97 Å². The molecule has 0 aromatic heterocycles. The molecule has 2 amide bonds. The molecule has 1 aliphatic heterocycles. The number of aromatic carboxylic acids is 1. The highest BCUT2D eigenvalue weighted by Crippen LogP contribution is 2.14. The van der Waals surface area contributed by atoms with Gasteiger partial charge in [0.2, 0.25) is 5.91 Å². The molecule has 2 aromatic rings. The van der Waals surface area contributed by atoms with Crippen LogP contribution in [-0.2, 0) is 4.79 Å². The number of rotatable bonds is 6. The van der Waals surface area contributed by atoms with Crippen LogP contribution in [0, 0.1) is 5.82 Å². The predicted molar refractivity (Wildman–Crippen MR) is 105 cm³/mol. The van der Waals surface area contributed by atoms with Crippen molar-refractivity contribution in [3.05, 3.63) is 65.5 Å². The molecule has 0 saturated carbocycles. The van der Waals surface area contributed by atoms with Crippen molar-refractivity contribution in [3.63, 3.8) is 0 Å². The van der Waals surface area contributed by atoms with Crippen molar-refractivity contribution in [2.24, 2.45) is 0 Å². The standard InChI is InChI=1S/C21H22FN3O4/c22-18-12-14(21(28)29)6-7-17(18)20(27)24-16-8-10-25(11-9-16)13-19(26)23-15-4-2-1-3-5-15/h1-7,12,16H,8-11,13H2,(H,23,26)(H,24,27)(H,28,29). The summed E-state index contributed by atoms with van der Waals surface area (Å²) in [4.78, 5) is 37.3. The van der Waals surface area contributed by atoms with E-state index < -0.39 is 17.7 Å². The van der Waals surface area contributed by atoms with Gasteiger partial charge in [0.25, 0.3) is 5.91 Å². The zero-order valence-corrected chi connectivity index (χ0v) is 15.7. The Bertz CT molecular complexity index is 896. The summed E-state index contributed by atoms with van der Waals surface area (Å²) in [6.07, 6.45) is 1.28. The van der Waals surface area contributed by atoms with Crippen LogP contribution in [-0.4, -0.2) is 53.5 Å². The summed E-state index contributed by atoms with van der Waals surface area (Å²) < 4.78 is 14.0. The van der Waals surface area contributed by atoms with E-state index in [0.717, 1.165) is 11.8 Å². The molecule has 0 spiro atoms. The van der Waals surface area contributed by atoms with Crippen LogP contribution in [0.4, 0.5) is 10.1 Å². The van der Waals surface area contributed by atoms with Gasteiger partial charge in [-0.2, -0.15) is 0 Å². The van der Waals surface area contributed by atoms with Crippen LogP contribution in [0.2, 0.25) is 0 Å². The lowest BCUT2D eigenvalue weighted by molar-refractivity contribution is -0.117. The molecular weight excluding hydrogens is 377 g/mol. The van der Waals surface area contributed by atoms with Gasteiger partial charge in [0, 0.05) is 24.8 Å². The minimum atomic E-state index is -1.25. The molecule has 29 heavy (non-hydrogen) atoms. The first-order valence-electron chi connectivity index (χ1n) is 9.33. The highest BCUT2D eigenvalue weighted by Gasteiger charge is 2.23. The number of nitrogens with zero attached hydrogens (tertiary/aromatic N) is 1. The summed E-state index contributed by atoms with van der Waals surface area (Å²) in [5.74, 6) is -2.78. The lowest BCUT2D eigenvalue weighted by atomic mass is 10.0. The van der Waals surface area contributed by atoms with Gasteiger partial charge in [-0.1, -0.05) is 18.2 Å². The minimum Gasteiger partial charge on any atom is -0.478 e. The second-order valence-corrected chi connectivity index (χ2v) is 6.94. The zero-order chi connectivity index (χ0) is 20.8. The van der Waals surface area contributed by atoms with Crippen molar-refractivity contribution >= 4 is 23.5 Å². The largest absolute Gasteiger partial charge is 0.478 e. The molecule has 1 heterocycles. The van der Waals surface area contributed by atoms with E-state index in [1.54, 1.807) is 0 Å². The Balaban J connectivity index is 1.46. The zero-order valence-electron chi connectivity index (χ0n) is 15.7. The molecule has 1 fully saturated rings. The van der Waals surface area contributed by atoms with Crippen molar-refractivity contribution in [1.29, 1.82) is 0 Å². The molecule has 0 atom stereocenters. The molecule has 3 N–H and O–H groups in total. The summed E-state index contributed by atoms with van der Waals surface area (Å²) in [5, 5.41) is 14.5.